The Balaban J connectivity index is 2.19. The molecule has 0 aromatic rings. The average Bonchev–Trinajstić information content (AvgIpc) is 2.60. The summed E-state index contributed by atoms with van der Waals surface area (Å²) in [6.07, 6.45) is 7.02. The van der Waals surface area contributed by atoms with Gasteiger partial charge in [-0.2, -0.15) is 0 Å². The first-order valence-corrected chi connectivity index (χ1v) is 10.3. The van der Waals surface area contributed by atoms with Gasteiger partial charge in [0.25, 0.3) is 0 Å². The normalized spacial score (nSPS) is 19.2. The maximum atomic E-state index is 12.4. The molecule has 0 bridgehead atoms. The summed E-state index contributed by atoms with van der Waals surface area (Å²) >= 11 is 0. The quantitative estimate of drug-likeness (QED) is 0.554. The number of carbonyl (C=O) groups is 1. The van der Waals surface area contributed by atoms with Gasteiger partial charge in [-0.15, -0.1) is 0 Å². The molecular formula is C20H41N3O. The number of unbranched alkanes of at least 4 members (excludes halogenated alkanes) is 3. The van der Waals surface area contributed by atoms with Gasteiger partial charge in [-0.25, -0.2) is 0 Å². The van der Waals surface area contributed by atoms with E-state index in [1.807, 2.05) is 0 Å². The van der Waals surface area contributed by atoms with Gasteiger partial charge in [-0.05, 0) is 25.3 Å². The molecule has 24 heavy (non-hydrogen) atoms. The van der Waals surface area contributed by atoms with Crippen LogP contribution in [0, 0.1) is 11.8 Å². The van der Waals surface area contributed by atoms with Gasteiger partial charge in [0.2, 0.25) is 5.91 Å². The predicted molar refractivity (Wildman–Crippen MR) is 103 cm³/mol. The summed E-state index contributed by atoms with van der Waals surface area (Å²) in [5, 5.41) is 3.21. The molecule has 4 nitrogen and oxygen atoms in total. The highest BCUT2D eigenvalue weighted by Gasteiger charge is 2.19. The Hall–Kier alpha value is -0.610. The Labute approximate surface area is 150 Å². The molecule has 0 unspecified atom stereocenters. The van der Waals surface area contributed by atoms with Crippen LogP contribution in [-0.2, 0) is 4.79 Å². The Morgan fingerprint density at radius 2 is 1.67 bits per heavy atom. The predicted octanol–water partition coefficient (Wildman–Crippen LogP) is 3.37. The molecule has 1 N–H and O–H groups in total. The van der Waals surface area contributed by atoms with E-state index in [0.717, 1.165) is 32.5 Å². The summed E-state index contributed by atoms with van der Waals surface area (Å²) in [7, 11) is 0. The first-order chi connectivity index (χ1) is 11.6. The lowest BCUT2D eigenvalue weighted by Gasteiger charge is -2.35. The van der Waals surface area contributed by atoms with Crippen LogP contribution in [0.25, 0.3) is 0 Å². The summed E-state index contributed by atoms with van der Waals surface area (Å²) < 4.78 is 0. The number of rotatable bonds is 12. The molecule has 1 heterocycles. The number of piperazine rings is 1. The lowest BCUT2D eigenvalue weighted by atomic mass is 9.97. The van der Waals surface area contributed by atoms with Crippen molar-refractivity contribution in [2.24, 2.45) is 11.8 Å². The van der Waals surface area contributed by atoms with Crippen molar-refractivity contribution in [3.63, 3.8) is 0 Å². The largest absolute Gasteiger partial charge is 0.356 e. The molecule has 0 saturated carbocycles. The van der Waals surface area contributed by atoms with Crippen LogP contribution in [-0.4, -0.2) is 61.5 Å². The standard InChI is InChI=1S/C20H41N3O/c1-5-8-9-10-11-19(6-2)20(24)21-16-18(4)17-23-14-12-22(7-3)13-15-23/h18-19H,5-17H2,1-4H3,(H,21,24)/t18-,19+/m1/s1. The van der Waals surface area contributed by atoms with E-state index >= 15 is 0 Å². The molecule has 0 aliphatic carbocycles. The molecule has 0 radical (unpaired) electrons. The zero-order valence-corrected chi connectivity index (χ0v) is 16.6. The molecule has 4 heteroatoms. The number of likely N-dealkylation sites (N-methyl/N-ethyl adjacent to an activating group) is 1. The summed E-state index contributed by atoms with van der Waals surface area (Å²) in [6, 6.07) is 0. The second-order valence-electron chi connectivity index (χ2n) is 7.54. The summed E-state index contributed by atoms with van der Waals surface area (Å²) in [4.78, 5) is 17.4. The fourth-order valence-corrected chi connectivity index (χ4v) is 3.55. The van der Waals surface area contributed by atoms with Crippen LogP contribution >= 0.6 is 0 Å². The third-order valence-electron chi connectivity index (χ3n) is 5.38. The second-order valence-corrected chi connectivity index (χ2v) is 7.54. The molecule has 0 aromatic carbocycles. The number of amides is 1. The zero-order valence-electron chi connectivity index (χ0n) is 16.6. The number of carbonyl (C=O) groups excluding carboxylic acids is 1. The van der Waals surface area contributed by atoms with Gasteiger partial charge in [0.05, 0.1) is 0 Å². The van der Waals surface area contributed by atoms with Crippen LogP contribution in [0.4, 0.5) is 0 Å². The van der Waals surface area contributed by atoms with Gasteiger partial charge in [0.15, 0.2) is 0 Å². The van der Waals surface area contributed by atoms with Crippen LogP contribution in [0.15, 0.2) is 0 Å². The van der Waals surface area contributed by atoms with E-state index in [-0.39, 0.29) is 11.8 Å². The van der Waals surface area contributed by atoms with Crippen LogP contribution in [0.3, 0.4) is 0 Å². The third-order valence-corrected chi connectivity index (χ3v) is 5.38. The van der Waals surface area contributed by atoms with E-state index < -0.39 is 0 Å². The van der Waals surface area contributed by atoms with Crippen molar-refractivity contribution in [3.8, 4) is 0 Å². The van der Waals surface area contributed by atoms with Crippen LogP contribution in [0.2, 0.25) is 0 Å². The second kappa shape index (κ2) is 12.7. The summed E-state index contributed by atoms with van der Waals surface area (Å²) in [5.41, 5.74) is 0. The minimum Gasteiger partial charge on any atom is -0.356 e. The van der Waals surface area contributed by atoms with E-state index in [9.17, 15) is 4.79 Å². The molecule has 1 rings (SSSR count). The minimum atomic E-state index is 0.210. The SMILES string of the molecule is CCCCCC[C@H](CC)C(=O)NC[C@@H](C)CN1CCN(CC)CC1. The zero-order chi connectivity index (χ0) is 17.8. The molecule has 1 aliphatic rings. The van der Waals surface area contributed by atoms with E-state index in [1.54, 1.807) is 0 Å². The molecule has 1 amide bonds. The molecular weight excluding hydrogens is 298 g/mol. The van der Waals surface area contributed by atoms with Gasteiger partial charge in [0, 0.05) is 45.2 Å². The van der Waals surface area contributed by atoms with Gasteiger partial charge in [-0.1, -0.05) is 53.4 Å². The Bertz CT molecular complexity index is 327. The monoisotopic (exact) mass is 339 g/mol. The van der Waals surface area contributed by atoms with E-state index in [2.05, 4.69) is 42.8 Å². The van der Waals surface area contributed by atoms with Crippen molar-refractivity contribution in [1.82, 2.24) is 15.1 Å². The van der Waals surface area contributed by atoms with Gasteiger partial charge < -0.3 is 15.1 Å². The number of hydrogen-bond donors (Lipinski definition) is 1. The van der Waals surface area contributed by atoms with E-state index in [0.29, 0.717) is 5.92 Å². The highest BCUT2D eigenvalue weighted by Crippen LogP contribution is 2.14. The first kappa shape index (κ1) is 21.4. The smallest absolute Gasteiger partial charge is 0.223 e. The Morgan fingerprint density at radius 3 is 2.25 bits per heavy atom. The summed E-state index contributed by atoms with van der Waals surface area (Å²) in [5.74, 6) is 1.01. The molecule has 1 fully saturated rings. The number of nitrogens with zero attached hydrogens (tertiary/aromatic N) is 2. The molecule has 2 atom stereocenters. The maximum Gasteiger partial charge on any atom is 0.223 e. The third kappa shape index (κ3) is 8.48. The van der Waals surface area contributed by atoms with Gasteiger partial charge in [-0.3, -0.25) is 4.79 Å². The van der Waals surface area contributed by atoms with E-state index in [1.165, 1.54) is 51.9 Å². The highest BCUT2D eigenvalue weighted by molar-refractivity contribution is 5.78. The van der Waals surface area contributed by atoms with Crippen LogP contribution in [0.1, 0.15) is 66.2 Å². The van der Waals surface area contributed by atoms with Crippen LogP contribution < -0.4 is 5.32 Å². The lowest BCUT2D eigenvalue weighted by molar-refractivity contribution is -0.125. The average molecular weight is 340 g/mol. The topological polar surface area (TPSA) is 35.6 Å². The van der Waals surface area contributed by atoms with Crippen molar-refractivity contribution in [2.45, 2.75) is 66.2 Å². The van der Waals surface area contributed by atoms with Crippen LogP contribution in [0.5, 0.6) is 0 Å². The molecule has 0 aromatic heterocycles. The van der Waals surface area contributed by atoms with Gasteiger partial charge >= 0.3 is 0 Å². The molecule has 142 valence electrons. The molecule has 0 spiro atoms. The first-order valence-electron chi connectivity index (χ1n) is 10.3. The maximum absolute atomic E-state index is 12.4. The molecule has 1 aliphatic heterocycles. The van der Waals surface area contributed by atoms with Crippen molar-refractivity contribution in [2.75, 3.05) is 45.8 Å². The van der Waals surface area contributed by atoms with E-state index in [4.69, 9.17) is 0 Å². The number of hydrogen-bond acceptors (Lipinski definition) is 3. The van der Waals surface area contributed by atoms with Crippen molar-refractivity contribution >= 4 is 5.91 Å². The van der Waals surface area contributed by atoms with Crippen molar-refractivity contribution < 1.29 is 4.79 Å². The van der Waals surface area contributed by atoms with Crippen molar-refractivity contribution in [1.29, 1.82) is 0 Å². The Morgan fingerprint density at radius 1 is 1.00 bits per heavy atom. The minimum absolute atomic E-state index is 0.210. The fourth-order valence-electron chi connectivity index (χ4n) is 3.55. The van der Waals surface area contributed by atoms with Gasteiger partial charge in [0.1, 0.15) is 0 Å². The Kier molecular flexibility index (Phi) is 11.4. The lowest BCUT2D eigenvalue weighted by Crippen LogP contribution is -2.48. The van der Waals surface area contributed by atoms with Crippen molar-refractivity contribution in [3.05, 3.63) is 0 Å². The number of nitrogens with one attached hydrogen (secondary N) is 1. The molecule has 1 saturated heterocycles. The summed E-state index contributed by atoms with van der Waals surface area (Å²) in [6.45, 7) is 16.7. The highest BCUT2D eigenvalue weighted by atomic mass is 16.1. The fraction of sp³-hybridized carbons (Fsp3) is 0.950.